The van der Waals surface area contributed by atoms with Crippen LogP contribution in [0.5, 0.6) is 11.5 Å². The summed E-state index contributed by atoms with van der Waals surface area (Å²) in [4.78, 5) is 22.7. The monoisotopic (exact) mass is 574 g/mol. The zero-order valence-electron chi connectivity index (χ0n) is 23.2. The van der Waals surface area contributed by atoms with Crippen LogP contribution in [-0.4, -0.2) is 82.0 Å². The zero-order valence-corrected chi connectivity index (χ0v) is 24.8. The summed E-state index contributed by atoms with van der Waals surface area (Å²) >= 11 is 1.41. The van der Waals surface area contributed by atoms with Crippen molar-refractivity contribution in [1.29, 1.82) is 0 Å². The van der Waals surface area contributed by atoms with Gasteiger partial charge in [0.1, 0.15) is 0 Å². The normalized spacial score (nSPS) is 14.9. The number of hydrogen-bond acceptors (Lipinski definition) is 8. The quantitative estimate of drug-likeness (QED) is 0.323. The minimum absolute atomic E-state index is 0.217. The lowest BCUT2D eigenvalue weighted by molar-refractivity contribution is 0.0983. The van der Waals surface area contributed by atoms with Gasteiger partial charge in [0.25, 0.3) is 5.91 Å². The fourth-order valence-electron chi connectivity index (χ4n) is 4.78. The number of anilines is 1. The number of sulfonamides is 1. The van der Waals surface area contributed by atoms with Gasteiger partial charge in [0.05, 0.1) is 29.3 Å². The first-order chi connectivity index (χ1) is 18.8. The molecule has 0 atom stereocenters. The number of fused-ring (bicyclic) bond motifs is 1. The van der Waals surface area contributed by atoms with Crippen molar-refractivity contribution in [1.82, 2.24) is 14.2 Å². The van der Waals surface area contributed by atoms with Gasteiger partial charge in [-0.2, -0.15) is 4.31 Å². The topological polar surface area (TPSA) is 92.3 Å². The van der Waals surface area contributed by atoms with Crippen molar-refractivity contribution in [3.05, 3.63) is 42.0 Å². The summed E-state index contributed by atoms with van der Waals surface area (Å²) in [5, 5.41) is 0.568. The Morgan fingerprint density at radius 2 is 1.56 bits per heavy atom. The van der Waals surface area contributed by atoms with Gasteiger partial charge in [-0.3, -0.25) is 9.69 Å². The summed E-state index contributed by atoms with van der Waals surface area (Å²) in [6.45, 7) is 8.13. The Morgan fingerprint density at radius 3 is 2.15 bits per heavy atom. The molecule has 0 spiro atoms. The second-order valence-corrected chi connectivity index (χ2v) is 12.4. The first kappa shape index (κ1) is 29.3. The predicted molar refractivity (Wildman–Crippen MR) is 156 cm³/mol. The highest BCUT2D eigenvalue weighted by Gasteiger charge is 2.27. The fraction of sp³-hybridized carbons (Fsp3) is 0.500. The number of benzene rings is 2. The minimum atomic E-state index is -3.59. The Hall–Kier alpha value is -2.73. The van der Waals surface area contributed by atoms with Crippen LogP contribution >= 0.6 is 11.3 Å². The Balaban J connectivity index is 1.64. The maximum atomic E-state index is 13.8. The molecule has 1 amide bonds. The molecule has 0 N–H and O–H groups in total. The molecule has 1 aliphatic rings. The van der Waals surface area contributed by atoms with Crippen LogP contribution in [0.2, 0.25) is 0 Å². The van der Waals surface area contributed by atoms with Crippen molar-refractivity contribution in [3.8, 4) is 11.5 Å². The average molecular weight is 575 g/mol. The van der Waals surface area contributed by atoms with Crippen molar-refractivity contribution in [3.63, 3.8) is 0 Å². The van der Waals surface area contributed by atoms with Crippen molar-refractivity contribution in [2.75, 3.05) is 58.4 Å². The van der Waals surface area contributed by atoms with Gasteiger partial charge in [0.2, 0.25) is 10.0 Å². The van der Waals surface area contributed by atoms with Gasteiger partial charge < -0.3 is 14.4 Å². The van der Waals surface area contributed by atoms with Crippen LogP contribution in [0, 0.1) is 0 Å². The van der Waals surface area contributed by atoms with E-state index >= 15 is 0 Å². The maximum absolute atomic E-state index is 13.8. The van der Waals surface area contributed by atoms with Gasteiger partial charge in [0, 0.05) is 43.9 Å². The first-order valence-corrected chi connectivity index (χ1v) is 15.7. The van der Waals surface area contributed by atoms with E-state index in [1.807, 2.05) is 12.1 Å². The summed E-state index contributed by atoms with van der Waals surface area (Å²) in [5.41, 5.74) is 1.13. The number of amides is 1. The van der Waals surface area contributed by atoms with E-state index < -0.39 is 10.0 Å². The molecule has 1 saturated heterocycles. The van der Waals surface area contributed by atoms with Crippen LogP contribution in [-0.2, 0) is 10.0 Å². The number of hydrogen-bond donors (Lipinski definition) is 0. The van der Waals surface area contributed by atoms with Crippen molar-refractivity contribution in [2.45, 2.75) is 44.4 Å². The number of rotatable bonds is 11. The molecular weight excluding hydrogens is 536 g/mol. The highest BCUT2D eigenvalue weighted by molar-refractivity contribution is 7.89. The van der Waals surface area contributed by atoms with E-state index in [4.69, 9.17) is 14.5 Å². The zero-order chi connectivity index (χ0) is 28.0. The molecule has 212 valence electrons. The Labute approximate surface area is 235 Å². The number of carbonyl (C=O) groups is 1. The van der Waals surface area contributed by atoms with E-state index in [1.54, 1.807) is 47.7 Å². The smallest absolute Gasteiger partial charge is 0.260 e. The number of ether oxygens (including phenoxy) is 2. The molecule has 3 aromatic rings. The van der Waals surface area contributed by atoms with E-state index in [0.29, 0.717) is 53.9 Å². The van der Waals surface area contributed by atoms with E-state index in [-0.39, 0.29) is 10.8 Å². The minimum Gasteiger partial charge on any atom is -0.493 e. The lowest BCUT2D eigenvalue weighted by atomic mass is 10.2. The largest absolute Gasteiger partial charge is 0.493 e. The van der Waals surface area contributed by atoms with E-state index in [0.717, 1.165) is 43.5 Å². The van der Waals surface area contributed by atoms with Crippen molar-refractivity contribution < 1.29 is 22.7 Å². The standard InChI is InChI=1S/C28H38N4O5S2/c1-5-30(6-2)17-18-32(28-29-23-19-24(36-3)25(37-4)20-26(23)38-28)27(33)21-11-13-22(14-12-21)39(34,35)31-15-9-7-8-10-16-31/h11-14,19-20H,5-10,15-18H2,1-4H3. The Bertz CT molecular complexity index is 1320. The lowest BCUT2D eigenvalue weighted by Crippen LogP contribution is -2.39. The fourth-order valence-corrected chi connectivity index (χ4v) is 7.30. The number of likely N-dealkylation sites (N-methyl/N-ethyl adjacent to an activating group) is 1. The molecule has 9 nitrogen and oxygen atoms in total. The van der Waals surface area contributed by atoms with Crippen LogP contribution < -0.4 is 14.4 Å². The summed E-state index contributed by atoms with van der Waals surface area (Å²) in [5.74, 6) is 0.949. The summed E-state index contributed by atoms with van der Waals surface area (Å²) in [6, 6.07) is 9.98. The van der Waals surface area contributed by atoms with Crippen molar-refractivity contribution in [2.24, 2.45) is 0 Å². The number of carbonyl (C=O) groups excluding carboxylic acids is 1. The molecule has 0 saturated carbocycles. The molecule has 0 aliphatic carbocycles. The number of methoxy groups -OCH3 is 2. The Morgan fingerprint density at radius 1 is 0.949 bits per heavy atom. The molecule has 0 unspecified atom stereocenters. The number of nitrogens with zero attached hydrogens (tertiary/aromatic N) is 4. The predicted octanol–water partition coefficient (Wildman–Crippen LogP) is 4.87. The molecule has 1 aliphatic heterocycles. The molecule has 2 aromatic carbocycles. The van der Waals surface area contributed by atoms with Gasteiger partial charge >= 0.3 is 0 Å². The molecule has 0 radical (unpaired) electrons. The Kier molecular flexibility index (Phi) is 9.81. The third kappa shape index (κ3) is 6.54. The second-order valence-electron chi connectivity index (χ2n) is 9.50. The number of thiazole rings is 1. The first-order valence-electron chi connectivity index (χ1n) is 13.5. The van der Waals surface area contributed by atoms with E-state index in [2.05, 4.69) is 18.7 Å². The van der Waals surface area contributed by atoms with Crippen LogP contribution in [0.25, 0.3) is 10.2 Å². The summed E-state index contributed by atoms with van der Waals surface area (Å²) < 4.78 is 39.8. The second kappa shape index (κ2) is 13.1. The van der Waals surface area contributed by atoms with E-state index in [9.17, 15) is 13.2 Å². The lowest BCUT2D eigenvalue weighted by Gasteiger charge is -2.25. The maximum Gasteiger partial charge on any atom is 0.260 e. The highest BCUT2D eigenvalue weighted by atomic mass is 32.2. The van der Waals surface area contributed by atoms with Gasteiger partial charge in [-0.15, -0.1) is 0 Å². The SMILES string of the molecule is CCN(CC)CCN(C(=O)c1ccc(S(=O)(=O)N2CCCCCC2)cc1)c1nc2cc(OC)c(OC)cc2s1. The third-order valence-electron chi connectivity index (χ3n) is 7.20. The van der Waals surface area contributed by atoms with Crippen LogP contribution in [0.15, 0.2) is 41.3 Å². The molecule has 4 rings (SSSR count). The summed E-state index contributed by atoms with van der Waals surface area (Å²) in [7, 11) is -0.429. The molecule has 39 heavy (non-hydrogen) atoms. The highest BCUT2D eigenvalue weighted by Crippen LogP contribution is 2.37. The van der Waals surface area contributed by atoms with Crippen LogP contribution in [0.3, 0.4) is 0 Å². The van der Waals surface area contributed by atoms with Gasteiger partial charge in [-0.1, -0.05) is 38.0 Å². The van der Waals surface area contributed by atoms with Gasteiger partial charge in [-0.25, -0.2) is 13.4 Å². The molecule has 1 fully saturated rings. The average Bonchev–Trinajstić information content (AvgIpc) is 3.16. The molecule has 11 heteroatoms. The molecular formula is C28H38N4O5S2. The summed E-state index contributed by atoms with van der Waals surface area (Å²) in [6.07, 6.45) is 3.84. The third-order valence-corrected chi connectivity index (χ3v) is 10.2. The molecule has 2 heterocycles. The van der Waals surface area contributed by atoms with Gasteiger partial charge in [0.15, 0.2) is 16.6 Å². The molecule has 1 aromatic heterocycles. The van der Waals surface area contributed by atoms with Gasteiger partial charge in [-0.05, 0) is 50.2 Å². The van der Waals surface area contributed by atoms with E-state index in [1.165, 1.54) is 11.3 Å². The number of aromatic nitrogens is 1. The van der Waals surface area contributed by atoms with Crippen LogP contribution in [0.1, 0.15) is 49.9 Å². The molecule has 0 bridgehead atoms. The van der Waals surface area contributed by atoms with Crippen molar-refractivity contribution >= 4 is 42.6 Å². The van der Waals surface area contributed by atoms with Crippen LogP contribution in [0.4, 0.5) is 5.13 Å².